The Morgan fingerprint density at radius 2 is 1.88 bits per heavy atom. The van der Waals surface area contributed by atoms with Crippen LogP contribution in [0.2, 0.25) is 0 Å². The zero-order valence-electron chi connectivity index (χ0n) is 14.8. The van der Waals surface area contributed by atoms with Crippen LogP contribution in [0.3, 0.4) is 0 Å². The summed E-state index contributed by atoms with van der Waals surface area (Å²) < 4.78 is 0. The van der Waals surface area contributed by atoms with Crippen LogP contribution in [0.15, 0.2) is 30.3 Å². The van der Waals surface area contributed by atoms with Crippen molar-refractivity contribution in [2.75, 3.05) is 26.7 Å². The molecule has 2 fully saturated rings. The molecular formula is C20H30N2O2. The van der Waals surface area contributed by atoms with Gasteiger partial charge in [-0.2, -0.15) is 0 Å². The number of likely N-dealkylation sites (tertiary alicyclic amines) is 2. The van der Waals surface area contributed by atoms with Crippen molar-refractivity contribution < 1.29 is 9.90 Å². The zero-order chi connectivity index (χ0) is 17.0. The number of nitrogens with zero attached hydrogens (tertiary/aromatic N) is 2. The molecule has 4 heteroatoms. The molecule has 1 N–H and O–H groups in total. The number of rotatable bonds is 4. The molecule has 24 heavy (non-hydrogen) atoms. The second-order valence-corrected chi connectivity index (χ2v) is 7.45. The third-order valence-corrected chi connectivity index (χ3v) is 5.87. The minimum absolute atomic E-state index is 0.254. The van der Waals surface area contributed by atoms with E-state index < -0.39 is 5.60 Å². The lowest BCUT2D eigenvalue weighted by molar-refractivity contribution is -0.136. The van der Waals surface area contributed by atoms with Gasteiger partial charge in [0.1, 0.15) is 0 Å². The quantitative estimate of drug-likeness (QED) is 0.923. The first kappa shape index (κ1) is 17.4. The van der Waals surface area contributed by atoms with E-state index in [1.165, 1.54) is 19.3 Å². The van der Waals surface area contributed by atoms with E-state index in [1.807, 2.05) is 35.2 Å². The number of amides is 1. The fraction of sp³-hybridized carbons (Fsp3) is 0.650. The molecule has 1 aromatic rings. The first-order valence-corrected chi connectivity index (χ1v) is 9.34. The van der Waals surface area contributed by atoms with E-state index in [9.17, 15) is 9.90 Å². The van der Waals surface area contributed by atoms with Crippen LogP contribution in [0.5, 0.6) is 0 Å². The standard InChI is InChI=1S/C20H30N2O2/c1-21-14-6-5-9-18(21)10-11-19(23)22-15-12-20(24,13-16-22)17-7-3-2-4-8-17/h2-4,7-8,18,24H,5-6,9-16H2,1H3/t18-/m0/s1. The van der Waals surface area contributed by atoms with E-state index >= 15 is 0 Å². The number of aliphatic hydroxyl groups is 1. The Hall–Kier alpha value is -1.39. The van der Waals surface area contributed by atoms with Crippen molar-refractivity contribution in [2.45, 2.75) is 56.6 Å². The molecule has 0 saturated carbocycles. The van der Waals surface area contributed by atoms with Gasteiger partial charge in [0.15, 0.2) is 0 Å². The summed E-state index contributed by atoms with van der Waals surface area (Å²) in [6.45, 7) is 2.47. The van der Waals surface area contributed by atoms with E-state index in [-0.39, 0.29) is 5.91 Å². The number of carbonyl (C=O) groups excluding carboxylic acids is 1. The van der Waals surface area contributed by atoms with Gasteiger partial charge in [0, 0.05) is 25.6 Å². The lowest BCUT2D eigenvalue weighted by Gasteiger charge is -2.39. The van der Waals surface area contributed by atoms with Crippen LogP contribution in [-0.2, 0) is 10.4 Å². The highest BCUT2D eigenvalue weighted by Crippen LogP contribution is 2.33. The zero-order valence-corrected chi connectivity index (χ0v) is 14.8. The van der Waals surface area contributed by atoms with Crippen LogP contribution in [0, 0.1) is 0 Å². The Morgan fingerprint density at radius 1 is 1.17 bits per heavy atom. The van der Waals surface area contributed by atoms with Crippen molar-refractivity contribution in [2.24, 2.45) is 0 Å². The van der Waals surface area contributed by atoms with Gasteiger partial charge in [-0.25, -0.2) is 0 Å². The molecule has 1 atom stereocenters. The van der Waals surface area contributed by atoms with Gasteiger partial charge in [-0.15, -0.1) is 0 Å². The Morgan fingerprint density at radius 3 is 2.54 bits per heavy atom. The van der Waals surface area contributed by atoms with Gasteiger partial charge >= 0.3 is 0 Å². The van der Waals surface area contributed by atoms with Crippen molar-refractivity contribution in [1.29, 1.82) is 0 Å². The Balaban J connectivity index is 1.48. The van der Waals surface area contributed by atoms with Crippen molar-refractivity contribution in [3.05, 3.63) is 35.9 Å². The number of hydrogen-bond donors (Lipinski definition) is 1. The molecule has 3 rings (SSSR count). The summed E-state index contributed by atoms with van der Waals surface area (Å²) in [6.07, 6.45) is 6.66. The number of carbonyl (C=O) groups is 1. The molecule has 0 bridgehead atoms. The minimum atomic E-state index is -0.776. The molecule has 4 nitrogen and oxygen atoms in total. The monoisotopic (exact) mass is 330 g/mol. The first-order chi connectivity index (χ1) is 11.6. The lowest BCUT2D eigenvalue weighted by Crippen LogP contribution is -2.45. The van der Waals surface area contributed by atoms with Crippen LogP contribution in [0.25, 0.3) is 0 Å². The van der Waals surface area contributed by atoms with Gasteiger partial charge in [-0.3, -0.25) is 4.79 Å². The fourth-order valence-corrected chi connectivity index (χ4v) is 4.12. The van der Waals surface area contributed by atoms with Crippen LogP contribution < -0.4 is 0 Å². The first-order valence-electron chi connectivity index (χ1n) is 9.34. The molecule has 0 spiro atoms. The maximum atomic E-state index is 12.5. The Kier molecular flexibility index (Phi) is 5.57. The van der Waals surface area contributed by atoms with Crippen LogP contribution in [0.1, 0.15) is 50.5 Å². The fourth-order valence-electron chi connectivity index (χ4n) is 4.12. The maximum absolute atomic E-state index is 12.5. The van der Waals surface area contributed by atoms with Crippen molar-refractivity contribution in [1.82, 2.24) is 9.80 Å². The number of benzene rings is 1. The Bertz CT molecular complexity index is 538. The second-order valence-electron chi connectivity index (χ2n) is 7.45. The topological polar surface area (TPSA) is 43.8 Å². The van der Waals surface area contributed by atoms with E-state index in [0.717, 1.165) is 18.5 Å². The molecule has 0 unspecified atom stereocenters. The molecule has 2 aliphatic rings. The predicted octanol–water partition coefficient (Wildman–Crippen LogP) is 2.76. The van der Waals surface area contributed by atoms with E-state index in [2.05, 4.69) is 11.9 Å². The molecule has 0 radical (unpaired) electrons. The largest absolute Gasteiger partial charge is 0.385 e. The van der Waals surface area contributed by atoms with Crippen LogP contribution >= 0.6 is 0 Å². The van der Waals surface area contributed by atoms with E-state index in [1.54, 1.807) is 0 Å². The van der Waals surface area contributed by atoms with Gasteiger partial charge in [-0.1, -0.05) is 36.8 Å². The SMILES string of the molecule is CN1CCCC[C@H]1CCC(=O)N1CCC(O)(c2ccccc2)CC1. The number of piperidine rings is 2. The second kappa shape index (κ2) is 7.66. The molecular weight excluding hydrogens is 300 g/mol. The predicted molar refractivity (Wildman–Crippen MR) is 95.7 cm³/mol. The Labute approximate surface area is 145 Å². The van der Waals surface area contributed by atoms with Gasteiger partial charge in [-0.05, 0) is 51.3 Å². The third kappa shape index (κ3) is 3.98. The highest BCUT2D eigenvalue weighted by molar-refractivity contribution is 5.76. The summed E-state index contributed by atoms with van der Waals surface area (Å²) >= 11 is 0. The summed E-state index contributed by atoms with van der Waals surface area (Å²) in [4.78, 5) is 16.9. The van der Waals surface area contributed by atoms with Crippen LogP contribution in [0.4, 0.5) is 0 Å². The summed E-state index contributed by atoms with van der Waals surface area (Å²) in [5, 5.41) is 10.9. The van der Waals surface area contributed by atoms with Gasteiger partial charge in [0.2, 0.25) is 5.91 Å². The molecule has 0 aromatic heterocycles. The normalized spacial score (nSPS) is 24.8. The third-order valence-electron chi connectivity index (χ3n) is 5.87. The summed E-state index contributed by atoms with van der Waals surface area (Å²) in [6, 6.07) is 10.4. The molecule has 1 amide bonds. The molecule has 132 valence electrons. The summed E-state index contributed by atoms with van der Waals surface area (Å²) in [5.74, 6) is 0.254. The van der Waals surface area contributed by atoms with Gasteiger partial charge < -0.3 is 14.9 Å². The highest BCUT2D eigenvalue weighted by atomic mass is 16.3. The smallest absolute Gasteiger partial charge is 0.222 e. The van der Waals surface area contributed by atoms with Crippen molar-refractivity contribution in [3.8, 4) is 0 Å². The minimum Gasteiger partial charge on any atom is -0.385 e. The average Bonchev–Trinajstić information content (AvgIpc) is 2.62. The molecule has 2 aliphatic heterocycles. The van der Waals surface area contributed by atoms with Crippen molar-refractivity contribution >= 4 is 5.91 Å². The van der Waals surface area contributed by atoms with Crippen LogP contribution in [-0.4, -0.2) is 53.5 Å². The lowest BCUT2D eigenvalue weighted by atomic mass is 9.84. The highest BCUT2D eigenvalue weighted by Gasteiger charge is 2.35. The summed E-state index contributed by atoms with van der Waals surface area (Å²) in [5.41, 5.74) is 0.197. The number of hydrogen-bond acceptors (Lipinski definition) is 3. The van der Waals surface area contributed by atoms with Crippen molar-refractivity contribution in [3.63, 3.8) is 0 Å². The van der Waals surface area contributed by atoms with Gasteiger partial charge in [0.25, 0.3) is 0 Å². The molecule has 2 heterocycles. The maximum Gasteiger partial charge on any atom is 0.222 e. The average molecular weight is 330 g/mol. The van der Waals surface area contributed by atoms with Gasteiger partial charge in [0.05, 0.1) is 5.60 Å². The molecule has 2 saturated heterocycles. The van der Waals surface area contributed by atoms with E-state index in [4.69, 9.17) is 0 Å². The molecule has 1 aromatic carbocycles. The van der Waals surface area contributed by atoms with E-state index in [0.29, 0.717) is 38.4 Å². The molecule has 0 aliphatic carbocycles. The summed E-state index contributed by atoms with van der Waals surface area (Å²) in [7, 11) is 2.18.